The Kier molecular flexibility index (Phi) is 66.3. The molecule has 0 bridgehead atoms. The van der Waals surface area contributed by atoms with Crippen molar-refractivity contribution in [3.05, 3.63) is 158 Å². The molecule has 556 valence electrons. The van der Waals surface area contributed by atoms with Gasteiger partial charge in [-0.25, -0.2) is 9.13 Å². The number of unbranched alkanes of at least 4 members (excludes halogenated alkanes) is 16. The first-order chi connectivity index (χ1) is 47.7. The Morgan fingerprint density at radius 1 is 0.306 bits per heavy atom. The second-order valence-electron chi connectivity index (χ2n) is 23.8. The number of ether oxygens (including phenoxy) is 4. The van der Waals surface area contributed by atoms with Gasteiger partial charge in [-0.15, -0.1) is 0 Å². The third kappa shape index (κ3) is 69.2. The summed E-state index contributed by atoms with van der Waals surface area (Å²) in [7, 11) is -9.99. The van der Waals surface area contributed by atoms with Gasteiger partial charge >= 0.3 is 39.5 Å². The smallest absolute Gasteiger partial charge is 0.462 e. The number of aliphatic hydroxyl groups excluding tert-OH is 1. The second kappa shape index (κ2) is 70.1. The van der Waals surface area contributed by atoms with Crippen LogP contribution in [0.2, 0.25) is 0 Å². The van der Waals surface area contributed by atoms with Gasteiger partial charge in [-0.1, -0.05) is 250 Å². The minimum Gasteiger partial charge on any atom is -0.462 e. The quantitative estimate of drug-likeness (QED) is 0.0169. The predicted octanol–water partition coefficient (Wildman–Crippen LogP) is 20.9. The summed E-state index contributed by atoms with van der Waals surface area (Å²) in [6, 6.07) is 0. The molecule has 0 spiro atoms. The summed E-state index contributed by atoms with van der Waals surface area (Å²) in [4.78, 5) is 72.6. The van der Waals surface area contributed by atoms with Crippen molar-refractivity contribution in [2.24, 2.45) is 0 Å². The van der Waals surface area contributed by atoms with E-state index in [9.17, 15) is 43.2 Å². The fourth-order valence-electron chi connectivity index (χ4n) is 8.92. The number of aliphatic hydroxyl groups is 1. The molecule has 0 radical (unpaired) electrons. The fourth-order valence-corrected chi connectivity index (χ4v) is 10.5. The van der Waals surface area contributed by atoms with Crippen LogP contribution < -0.4 is 0 Å². The Bertz CT molecular complexity index is 2480. The lowest BCUT2D eigenvalue weighted by Gasteiger charge is -2.21. The van der Waals surface area contributed by atoms with Crippen LogP contribution in [0.3, 0.4) is 0 Å². The van der Waals surface area contributed by atoms with E-state index in [1.54, 1.807) is 6.08 Å². The SMILES string of the molecule is CC/C=C\C/C=C\C/C=C\C/C=C\C/C=C\CCCCCC(=O)OCC(COP(=O)(O)OCC(O)COP(=O)(O)OCC(COC(=O)C/C=C\C/C=C\C/C=C\C/C=C\C/C=C\CC)OC(=O)CCCCCCC/C=C\CCCC)OC(=O)CCCCCCC/C=C\C/C=C\CCC. The zero-order valence-electron chi connectivity index (χ0n) is 60.4. The van der Waals surface area contributed by atoms with Gasteiger partial charge in [0.1, 0.15) is 19.3 Å². The van der Waals surface area contributed by atoms with E-state index < -0.39 is 97.5 Å². The molecule has 19 heteroatoms. The van der Waals surface area contributed by atoms with E-state index in [1.807, 2.05) is 18.2 Å². The Morgan fingerprint density at radius 3 is 0.969 bits per heavy atom. The monoisotopic (exact) mass is 1410 g/mol. The average Bonchev–Trinajstić information content (AvgIpc) is 0.972. The lowest BCUT2D eigenvalue weighted by molar-refractivity contribution is -0.161. The molecule has 0 saturated carbocycles. The Hall–Kier alpha value is -5.32. The first-order valence-corrected chi connectivity index (χ1v) is 39.7. The molecule has 5 atom stereocenters. The predicted molar refractivity (Wildman–Crippen MR) is 399 cm³/mol. The standard InChI is InChI=1S/C79H128O17P2/c1-5-9-13-17-21-25-29-32-34-35-36-37-39-42-45-48-52-56-60-64-77(82)90-70-75(96-79(84)66-62-58-54-50-46-40-31-27-23-19-15-11-7-3)72-94-98(87,88)92-68-73(80)67-91-97(85,86)93-71-74(95-78(83)65-61-57-53-49-43-28-24-20-16-12-8-4)69-89-76(81)63-59-55-51-47-44-41-38-33-30-26-22-18-14-10-6-2/h9-10,13-15,19-22,24-27,31-34,36-38,42,44-45,47,55,59,73-75,80H,5-8,11-12,16-18,23,28-30,35,39-41,43,46,48-54,56-58,60-72H2,1-4H3,(H,85,86)(H,87,88)/b13-9-,14-10-,19-15-,24-20-,25-21-,26-22-,31-27-,34-32-,37-36-,38-33-,45-42-,47-44-,59-55-. The third-order valence-electron chi connectivity index (χ3n) is 14.5. The van der Waals surface area contributed by atoms with Gasteiger partial charge in [0.05, 0.1) is 32.8 Å². The molecule has 0 aromatic carbocycles. The minimum atomic E-state index is -5.00. The highest BCUT2D eigenvalue weighted by Crippen LogP contribution is 2.45. The van der Waals surface area contributed by atoms with Crippen LogP contribution in [0.4, 0.5) is 0 Å². The average molecular weight is 1410 g/mol. The van der Waals surface area contributed by atoms with Crippen LogP contribution >= 0.6 is 15.6 Å². The molecule has 0 aliphatic heterocycles. The van der Waals surface area contributed by atoms with E-state index in [2.05, 4.69) is 161 Å². The molecule has 0 aromatic heterocycles. The number of carbonyl (C=O) groups is 4. The van der Waals surface area contributed by atoms with Crippen LogP contribution in [0.25, 0.3) is 0 Å². The molecular weight excluding hydrogens is 1280 g/mol. The molecule has 0 amide bonds. The summed E-state index contributed by atoms with van der Waals surface area (Å²) in [5.41, 5.74) is 0. The number of allylic oxidation sites excluding steroid dienone is 25. The summed E-state index contributed by atoms with van der Waals surface area (Å²) in [5, 5.41) is 10.6. The van der Waals surface area contributed by atoms with Crippen molar-refractivity contribution in [2.75, 3.05) is 39.6 Å². The van der Waals surface area contributed by atoms with Crippen molar-refractivity contribution in [1.29, 1.82) is 0 Å². The maximum atomic E-state index is 13.1. The topological polar surface area (TPSA) is 237 Å². The van der Waals surface area contributed by atoms with Crippen LogP contribution in [0.15, 0.2) is 158 Å². The van der Waals surface area contributed by atoms with Crippen molar-refractivity contribution in [2.45, 2.75) is 277 Å². The van der Waals surface area contributed by atoms with E-state index >= 15 is 0 Å². The van der Waals surface area contributed by atoms with E-state index in [4.69, 9.17) is 37.0 Å². The summed E-state index contributed by atoms with van der Waals surface area (Å²) in [5.74, 6) is -2.40. The lowest BCUT2D eigenvalue weighted by atomic mass is 10.1. The van der Waals surface area contributed by atoms with E-state index in [1.165, 1.54) is 6.42 Å². The van der Waals surface area contributed by atoms with Crippen molar-refractivity contribution in [3.63, 3.8) is 0 Å². The Balaban J connectivity index is 5.43. The second-order valence-corrected chi connectivity index (χ2v) is 26.7. The summed E-state index contributed by atoms with van der Waals surface area (Å²) in [6.45, 7) is 4.32. The molecule has 0 heterocycles. The normalized spacial score (nSPS) is 14.9. The minimum absolute atomic E-state index is 0.0593. The molecule has 0 saturated heterocycles. The largest absolute Gasteiger partial charge is 0.472 e. The molecule has 5 unspecified atom stereocenters. The van der Waals surface area contributed by atoms with Gasteiger partial charge in [0, 0.05) is 19.3 Å². The molecule has 0 aliphatic rings. The van der Waals surface area contributed by atoms with Crippen molar-refractivity contribution >= 4 is 39.5 Å². The maximum Gasteiger partial charge on any atom is 0.472 e. The third-order valence-corrected chi connectivity index (χ3v) is 16.4. The number of hydrogen-bond donors (Lipinski definition) is 3. The van der Waals surface area contributed by atoms with E-state index in [0.29, 0.717) is 25.7 Å². The number of phosphoric ester groups is 2. The molecule has 0 fully saturated rings. The van der Waals surface area contributed by atoms with Crippen molar-refractivity contribution < 1.29 is 80.2 Å². The van der Waals surface area contributed by atoms with Gasteiger partial charge in [0.2, 0.25) is 0 Å². The first kappa shape index (κ1) is 92.7. The zero-order chi connectivity index (χ0) is 71.8. The maximum absolute atomic E-state index is 13.1. The molecule has 0 aliphatic carbocycles. The summed E-state index contributed by atoms with van der Waals surface area (Å²) >= 11 is 0. The molecule has 17 nitrogen and oxygen atoms in total. The van der Waals surface area contributed by atoms with Crippen LogP contribution in [0.1, 0.15) is 259 Å². The molecule has 0 aromatic rings. The van der Waals surface area contributed by atoms with Gasteiger partial charge < -0.3 is 33.8 Å². The Morgan fingerprint density at radius 2 is 0.592 bits per heavy atom. The van der Waals surface area contributed by atoms with E-state index in [0.717, 1.165) is 173 Å². The first-order valence-electron chi connectivity index (χ1n) is 36.7. The highest BCUT2D eigenvalue weighted by atomic mass is 31.2. The van der Waals surface area contributed by atoms with Gasteiger partial charge in [0.25, 0.3) is 0 Å². The van der Waals surface area contributed by atoms with Gasteiger partial charge in [-0.3, -0.25) is 37.3 Å². The lowest BCUT2D eigenvalue weighted by Crippen LogP contribution is -2.30. The molecule has 98 heavy (non-hydrogen) atoms. The van der Waals surface area contributed by atoms with Crippen molar-refractivity contribution in [3.8, 4) is 0 Å². The molecule has 0 rings (SSSR count). The van der Waals surface area contributed by atoms with Crippen LogP contribution in [0, 0.1) is 0 Å². The van der Waals surface area contributed by atoms with Crippen LogP contribution in [-0.2, 0) is 65.4 Å². The van der Waals surface area contributed by atoms with Crippen LogP contribution in [0.5, 0.6) is 0 Å². The number of rotatable bonds is 67. The summed E-state index contributed by atoms with van der Waals surface area (Å²) in [6.07, 6.45) is 80.0. The highest BCUT2D eigenvalue weighted by molar-refractivity contribution is 7.47. The van der Waals surface area contributed by atoms with E-state index in [-0.39, 0.29) is 25.7 Å². The van der Waals surface area contributed by atoms with Gasteiger partial charge in [-0.2, -0.15) is 0 Å². The highest BCUT2D eigenvalue weighted by Gasteiger charge is 2.30. The van der Waals surface area contributed by atoms with Gasteiger partial charge in [-0.05, 0) is 141 Å². The van der Waals surface area contributed by atoms with Gasteiger partial charge in [0.15, 0.2) is 12.2 Å². The zero-order valence-corrected chi connectivity index (χ0v) is 62.2. The number of esters is 4. The number of hydrogen-bond acceptors (Lipinski definition) is 15. The fraction of sp³-hybridized carbons (Fsp3) is 0.620. The molecule has 3 N–H and O–H groups in total. The summed E-state index contributed by atoms with van der Waals surface area (Å²) < 4.78 is 68.1. The molecular formula is C79H128O17P2. The van der Waals surface area contributed by atoms with Crippen molar-refractivity contribution in [1.82, 2.24) is 0 Å². The number of phosphoric acid groups is 2. The Labute approximate surface area is 591 Å². The van der Waals surface area contributed by atoms with Crippen LogP contribution in [-0.4, -0.2) is 96.7 Å². The number of carbonyl (C=O) groups excluding carboxylic acids is 4.